The molecule has 2 aromatic rings. The van der Waals surface area contributed by atoms with Crippen LogP contribution in [0.3, 0.4) is 0 Å². The van der Waals surface area contributed by atoms with Crippen molar-refractivity contribution >= 4 is 17.3 Å². The van der Waals surface area contributed by atoms with E-state index in [2.05, 4.69) is 84.9 Å². The highest BCUT2D eigenvalue weighted by Gasteiger charge is 2.57. The number of fused-ring (bicyclic) bond motifs is 5. The molecular formula is C24H26N4. The van der Waals surface area contributed by atoms with Crippen LogP contribution in [0.15, 0.2) is 79.3 Å². The summed E-state index contributed by atoms with van der Waals surface area (Å²) < 4.78 is 0. The van der Waals surface area contributed by atoms with Crippen molar-refractivity contribution in [3.05, 3.63) is 79.3 Å². The van der Waals surface area contributed by atoms with Crippen LogP contribution in [-0.2, 0) is 0 Å². The van der Waals surface area contributed by atoms with E-state index in [-0.39, 0.29) is 11.6 Å². The lowest BCUT2D eigenvalue weighted by Crippen LogP contribution is -2.59. The van der Waals surface area contributed by atoms with Crippen LogP contribution in [0.1, 0.15) is 26.7 Å². The van der Waals surface area contributed by atoms with Crippen LogP contribution < -0.4 is 9.80 Å². The van der Waals surface area contributed by atoms with Crippen molar-refractivity contribution in [2.75, 3.05) is 9.80 Å². The molecule has 0 N–H and O–H groups in total. The SMILES string of the molecule is C=CC1(C)C2CC=CC=C2N2c3nccnc3N(c3ccccc3)C2C1CC. The maximum atomic E-state index is 4.78. The van der Waals surface area contributed by atoms with Crippen LogP contribution in [-0.4, -0.2) is 16.1 Å². The molecule has 1 aromatic heterocycles. The molecule has 0 saturated carbocycles. The summed E-state index contributed by atoms with van der Waals surface area (Å²) >= 11 is 0. The second kappa shape index (κ2) is 6.33. The van der Waals surface area contributed by atoms with Gasteiger partial charge in [0.25, 0.3) is 0 Å². The predicted molar refractivity (Wildman–Crippen MR) is 114 cm³/mol. The van der Waals surface area contributed by atoms with Gasteiger partial charge in [-0.25, -0.2) is 9.97 Å². The Bertz CT molecular complexity index is 964. The van der Waals surface area contributed by atoms with Gasteiger partial charge in [-0.05, 0) is 31.1 Å². The highest BCUT2D eigenvalue weighted by Crippen LogP contribution is 2.59. The smallest absolute Gasteiger partial charge is 0.178 e. The summed E-state index contributed by atoms with van der Waals surface area (Å²) in [4.78, 5) is 14.4. The number of allylic oxidation sites excluding steroid dienone is 5. The number of hydrogen-bond acceptors (Lipinski definition) is 4. The summed E-state index contributed by atoms with van der Waals surface area (Å²) in [6, 6.07) is 10.6. The van der Waals surface area contributed by atoms with Crippen LogP contribution in [0.5, 0.6) is 0 Å². The van der Waals surface area contributed by atoms with Gasteiger partial charge < -0.3 is 9.80 Å². The van der Waals surface area contributed by atoms with Crippen molar-refractivity contribution in [3.63, 3.8) is 0 Å². The molecule has 2 aliphatic heterocycles. The third-order valence-corrected chi connectivity index (χ3v) is 6.88. The van der Waals surface area contributed by atoms with E-state index in [1.165, 1.54) is 5.70 Å². The maximum Gasteiger partial charge on any atom is 0.178 e. The van der Waals surface area contributed by atoms with Crippen molar-refractivity contribution in [1.82, 2.24) is 9.97 Å². The number of para-hydroxylation sites is 1. The number of aromatic nitrogens is 2. The number of piperidine rings is 1. The van der Waals surface area contributed by atoms with Gasteiger partial charge in [-0.2, -0.15) is 0 Å². The van der Waals surface area contributed by atoms with Gasteiger partial charge in [-0.1, -0.05) is 50.3 Å². The lowest BCUT2D eigenvalue weighted by Gasteiger charge is -2.55. The number of benzene rings is 1. The van der Waals surface area contributed by atoms with Crippen molar-refractivity contribution in [3.8, 4) is 0 Å². The maximum absolute atomic E-state index is 4.78. The quantitative estimate of drug-likeness (QED) is 0.672. The highest BCUT2D eigenvalue weighted by atomic mass is 15.5. The van der Waals surface area contributed by atoms with E-state index in [0.29, 0.717) is 11.8 Å². The number of nitrogens with zero attached hydrogens (tertiary/aromatic N) is 4. The fourth-order valence-electron chi connectivity index (χ4n) is 5.49. The van der Waals surface area contributed by atoms with Gasteiger partial charge in [0.05, 0.1) is 0 Å². The molecule has 28 heavy (non-hydrogen) atoms. The zero-order chi connectivity index (χ0) is 19.3. The van der Waals surface area contributed by atoms with Crippen molar-refractivity contribution in [2.24, 2.45) is 17.3 Å². The molecule has 0 bridgehead atoms. The first-order valence-electron chi connectivity index (χ1n) is 10.2. The summed E-state index contributed by atoms with van der Waals surface area (Å²) in [5, 5.41) is 0. The summed E-state index contributed by atoms with van der Waals surface area (Å²) in [6.07, 6.45) is 14.8. The Kier molecular flexibility index (Phi) is 3.90. The molecule has 3 aliphatic rings. The molecule has 142 valence electrons. The van der Waals surface area contributed by atoms with E-state index >= 15 is 0 Å². The number of anilines is 3. The minimum Gasteiger partial charge on any atom is -0.305 e. The van der Waals surface area contributed by atoms with E-state index in [1.807, 2.05) is 0 Å². The topological polar surface area (TPSA) is 32.3 Å². The molecule has 3 heterocycles. The van der Waals surface area contributed by atoms with Gasteiger partial charge in [0.2, 0.25) is 0 Å². The average Bonchev–Trinajstić information content (AvgIpc) is 3.09. The van der Waals surface area contributed by atoms with Gasteiger partial charge in [-0.3, -0.25) is 0 Å². The molecule has 0 spiro atoms. The fourth-order valence-corrected chi connectivity index (χ4v) is 5.49. The summed E-state index contributed by atoms with van der Waals surface area (Å²) in [6.45, 7) is 8.97. The van der Waals surface area contributed by atoms with Gasteiger partial charge in [0.1, 0.15) is 6.17 Å². The summed E-state index contributed by atoms with van der Waals surface area (Å²) in [7, 11) is 0. The zero-order valence-corrected chi connectivity index (χ0v) is 16.5. The molecule has 1 fully saturated rings. The minimum absolute atomic E-state index is 0.00157. The largest absolute Gasteiger partial charge is 0.305 e. The Morgan fingerprint density at radius 2 is 1.86 bits per heavy atom. The molecule has 0 radical (unpaired) electrons. The van der Waals surface area contributed by atoms with Gasteiger partial charge in [0, 0.05) is 41.0 Å². The third kappa shape index (κ3) is 2.17. The van der Waals surface area contributed by atoms with Crippen LogP contribution in [0.4, 0.5) is 17.3 Å². The lowest BCUT2D eigenvalue weighted by molar-refractivity contribution is 0.114. The molecular weight excluding hydrogens is 344 g/mol. The first kappa shape index (κ1) is 17.2. The average molecular weight is 371 g/mol. The monoisotopic (exact) mass is 370 g/mol. The number of rotatable bonds is 3. The number of hydrogen-bond donors (Lipinski definition) is 0. The first-order chi connectivity index (χ1) is 13.7. The summed E-state index contributed by atoms with van der Waals surface area (Å²) in [5.41, 5.74) is 2.49. The Labute approximate surface area is 166 Å². The van der Waals surface area contributed by atoms with E-state index in [0.717, 1.165) is 30.2 Å². The highest BCUT2D eigenvalue weighted by molar-refractivity contribution is 5.81. The molecule has 5 rings (SSSR count). The molecule has 4 nitrogen and oxygen atoms in total. The zero-order valence-electron chi connectivity index (χ0n) is 16.5. The van der Waals surface area contributed by atoms with Crippen LogP contribution in [0.25, 0.3) is 0 Å². The predicted octanol–water partition coefficient (Wildman–Crippen LogP) is 5.45. The molecule has 1 aliphatic carbocycles. The van der Waals surface area contributed by atoms with Gasteiger partial charge in [-0.15, -0.1) is 6.58 Å². The van der Waals surface area contributed by atoms with Crippen LogP contribution in [0, 0.1) is 17.3 Å². The normalized spacial score (nSPS) is 30.4. The van der Waals surface area contributed by atoms with Gasteiger partial charge in [0.15, 0.2) is 11.6 Å². The lowest BCUT2D eigenvalue weighted by atomic mass is 9.60. The van der Waals surface area contributed by atoms with Crippen LogP contribution in [0.2, 0.25) is 0 Å². The summed E-state index contributed by atoms with van der Waals surface area (Å²) in [5.74, 6) is 2.71. The van der Waals surface area contributed by atoms with Crippen molar-refractivity contribution in [2.45, 2.75) is 32.9 Å². The second-order valence-electron chi connectivity index (χ2n) is 8.09. The molecule has 4 heteroatoms. The Morgan fingerprint density at radius 3 is 2.54 bits per heavy atom. The third-order valence-electron chi connectivity index (χ3n) is 6.88. The first-order valence-corrected chi connectivity index (χ1v) is 10.2. The van der Waals surface area contributed by atoms with Gasteiger partial charge >= 0.3 is 0 Å². The van der Waals surface area contributed by atoms with Crippen LogP contribution >= 0.6 is 0 Å². The van der Waals surface area contributed by atoms with E-state index < -0.39 is 0 Å². The minimum atomic E-state index is 0.00157. The molecule has 4 unspecified atom stereocenters. The molecule has 1 aromatic carbocycles. The standard InChI is InChI=1S/C24H26N4/c1-4-18-23-27(17-11-7-6-8-12-17)21-22(26-16-15-25-21)28(23)20-14-10-9-13-19(20)24(18,3)5-2/h5-12,14-16,18-19,23H,2,4,13H2,1,3H3. The Morgan fingerprint density at radius 1 is 1.14 bits per heavy atom. The fraction of sp³-hybridized carbons (Fsp3) is 0.333. The van der Waals surface area contributed by atoms with E-state index in [4.69, 9.17) is 9.97 Å². The Balaban J connectivity index is 1.77. The van der Waals surface area contributed by atoms with Crippen molar-refractivity contribution in [1.29, 1.82) is 0 Å². The van der Waals surface area contributed by atoms with E-state index in [9.17, 15) is 0 Å². The molecule has 0 amide bonds. The second-order valence-corrected chi connectivity index (χ2v) is 8.09. The van der Waals surface area contributed by atoms with Crippen molar-refractivity contribution < 1.29 is 0 Å². The van der Waals surface area contributed by atoms with E-state index in [1.54, 1.807) is 12.4 Å². The Hall–Kier alpha value is -2.88. The molecule has 4 atom stereocenters. The molecule has 1 saturated heterocycles.